The van der Waals surface area contributed by atoms with Crippen molar-refractivity contribution < 1.29 is 29.0 Å². The first-order valence-corrected chi connectivity index (χ1v) is 12.9. The average Bonchev–Trinajstić information content (AvgIpc) is 3.19. The second kappa shape index (κ2) is 9.32. The standard InChI is InChI=1S/C27H31ClN2O6/c1-3-26-11-4-5-16-35-25(34)20(26)19-23(32)30(14-8-15-31)22-24(33)29(13-7-12-27(19,22)36-26)21-17(2)9-6-10-18(21)28/h4,6-7,9-12,19-20,22,31H,3,5,8,13-16H2,1-2H3/t19-,20-,22?,26+,27-/m0/s1. The number of amides is 2. The number of carbonyl (C=O) groups is 3. The van der Waals surface area contributed by atoms with Gasteiger partial charge in [-0.3, -0.25) is 14.4 Å². The molecule has 5 rings (SSSR count). The largest absolute Gasteiger partial charge is 0.465 e. The summed E-state index contributed by atoms with van der Waals surface area (Å²) in [5.41, 5.74) is -1.02. The van der Waals surface area contributed by atoms with E-state index in [1.165, 1.54) is 4.90 Å². The van der Waals surface area contributed by atoms with Gasteiger partial charge in [0, 0.05) is 19.7 Å². The molecule has 5 atom stereocenters. The van der Waals surface area contributed by atoms with Crippen molar-refractivity contribution >= 4 is 35.1 Å². The summed E-state index contributed by atoms with van der Waals surface area (Å²) in [5, 5.41) is 9.96. The van der Waals surface area contributed by atoms with Crippen molar-refractivity contribution in [3.8, 4) is 0 Å². The first kappa shape index (κ1) is 25.0. The summed E-state index contributed by atoms with van der Waals surface area (Å²) in [6, 6.07) is 4.41. The predicted molar refractivity (Wildman–Crippen MR) is 133 cm³/mol. The zero-order chi connectivity index (χ0) is 25.7. The zero-order valence-electron chi connectivity index (χ0n) is 20.5. The zero-order valence-corrected chi connectivity index (χ0v) is 21.2. The molecule has 0 radical (unpaired) electrons. The molecule has 1 unspecified atom stereocenters. The number of ether oxygens (including phenoxy) is 2. The van der Waals surface area contributed by atoms with E-state index in [4.69, 9.17) is 21.1 Å². The molecule has 4 heterocycles. The van der Waals surface area contributed by atoms with E-state index in [2.05, 4.69) is 0 Å². The monoisotopic (exact) mass is 514 g/mol. The lowest BCUT2D eigenvalue weighted by atomic mass is 9.73. The minimum absolute atomic E-state index is 0.139. The van der Waals surface area contributed by atoms with E-state index in [0.29, 0.717) is 30.0 Å². The molecule has 1 aromatic rings. The van der Waals surface area contributed by atoms with Gasteiger partial charge >= 0.3 is 5.97 Å². The van der Waals surface area contributed by atoms with E-state index in [1.54, 1.807) is 17.0 Å². The third-order valence-electron chi connectivity index (χ3n) is 7.92. The summed E-state index contributed by atoms with van der Waals surface area (Å²) in [4.78, 5) is 44.8. The van der Waals surface area contributed by atoms with Crippen LogP contribution in [0.2, 0.25) is 5.02 Å². The van der Waals surface area contributed by atoms with E-state index in [-0.39, 0.29) is 38.1 Å². The minimum atomic E-state index is -1.36. The molecule has 4 aliphatic rings. The number of halogens is 1. The van der Waals surface area contributed by atoms with Gasteiger partial charge in [0.2, 0.25) is 5.91 Å². The van der Waals surface area contributed by atoms with Gasteiger partial charge in [0.1, 0.15) is 23.2 Å². The van der Waals surface area contributed by atoms with Gasteiger partial charge in [-0.2, -0.15) is 0 Å². The first-order chi connectivity index (χ1) is 17.3. The number of anilines is 1. The smallest absolute Gasteiger partial charge is 0.313 e. The Morgan fingerprint density at radius 1 is 1.14 bits per heavy atom. The van der Waals surface area contributed by atoms with Crippen molar-refractivity contribution in [3.05, 3.63) is 53.1 Å². The van der Waals surface area contributed by atoms with Gasteiger partial charge in [0.15, 0.2) is 0 Å². The Balaban J connectivity index is 1.68. The van der Waals surface area contributed by atoms with Gasteiger partial charge < -0.3 is 24.4 Å². The van der Waals surface area contributed by atoms with Crippen molar-refractivity contribution in [2.45, 2.75) is 50.4 Å². The number of nitrogens with zero attached hydrogens (tertiary/aromatic N) is 2. The molecule has 0 aromatic heterocycles. The summed E-state index contributed by atoms with van der Waals surface area (Å²) in [6.45, 7) is 4.28. The molecule has 1 spiro atoms. The number of likely N-dealkylation sites (tertiary alicyclic amines) is 1. The van der Waals surface area contributed by atoms with Crippen LogP contribution in [-0.4, -0.2) is 71.3 Å². The van der Waals surface area contributed by atoms with Crippen LogP contribution in [-0.2, 0) is 23.9 Å². The molecule has 1 aromatic carbocycles. The molecule has 0 aliphatic carbocycles. The quantitative estimate of drug-likeness (QED) is 0.479. The number of hydrogen-bond acceptors (Lipinski definition) is 6. The number of rotatable bonds is 5. The number of para-hydroxylation sites is 1. The molecule has 36 heavy (non-hydrogen) atoms. The van der Waals surface area contributed by atoms with Crippen LogP contribution in [0.1, 0.15) is 31.7 Å². The molecular weight excluding hydrogens is 484 g/mol. The van der Waals surface area contributed by atoms with Crippen LogP contribution in [0.15, 0.2) is 42.5 Å². The van der Waals surface area contributed by atoms with Crippen LogP contribution in [0, 0.1) is 18.8 Å². The number of aryl methyl sites for hydroxylation is 1. The Bertz CT molecular complexity index is 1130. The van der Waals surface area contributed by atoms with Crippen LogP contribution in [0.25, 0.3) is 0 Å². The molecule has 2 fully saturated rings. The number of esters is 1. The lowest BCUT2D eigenvalue weighted by Gasteiger charge is -2.39. The van der Waals surface area contributed by atoms with Gasteiger partial charge in [-0.05, 0) is 37.8 Å². The van der Waals surface area contributed by atoms with Gasteiger partial charge in [-0.25, -0.2) is 0 Å². The highest BCUT2D eigenvalue weighted by Crippen LogP contribution is 2.58. The highest BCUT2D eigenvalue weighted by Gasteiger charge is 2.75. The third kappa shape index (κ3) is 3.53. The molecule has 1 N–H and O–H groups in total. The molecule has 0 saturated carbocycles. The average molecular weight is 515 g/mol. The van der Waals surface area contributed by atoms with Gasteiger partial charge in [-0.15, -0.1) is 0 Å². The fraction of sp³-hybridized carbons (Fsp3) is 0.519. The summed E-state index contributed by atoms with van der Waals surface area (Å²) in [6.07, 6.45) is 8.71. The molecule has 2 amide bonds. The first-order valence-electron chi connectivity index (χ1n) is 12.5. The molecular formula is C27H31ClN2O6. The number of aliphatic hydroxyl groups is 1. The second-order valence-electron chi connectivity index (χ2n) is 9.85. The lowest BCUT2D eigenvalue weighted by Crippen LogP contribution is -2.56. The number of cyclic esters (lactones) is 1. The van der Waals surface area contributed by atoms with Gasteiger partial charge in [0.25, 0.3) is 5.91 Å². The Morgan fingerprint density at radius 2 is 1.94 bits per heavy atom. The molecule has 192 valence electrons. The van der Waals surface area contributed by atoms with Crippen molar-refractivity contribution in [2.75, 3.05) is 31.2 Å². The van der Waals surface area contributed by atoms with Gasteiger partial charge in [0.05, 0.1) is 23.2 Å². The molecule has 2 saturated heterocycles. The number of carbonyl (C=O) groups excluding carboxylic acids is 3. The Labute approximate surface area is 215 Å². The van der Waals surface area contributed by atoms with Crippen molar-refractivity contribution in [3.63, 3.8) is 0 Å². The van der Waals surface area contributed by atoms with E-state index in [1.807, 2.05) is 44.2 Å². The summed E-state index contributed by atoms with van der Waals surface area (Å²) in [5.74, 6) is -2.97. The Morgan fingerprint density at radius 3 is 2.67 bits per heavy atom. The topological polar surface area (TPSA) is 96.4 Å². The summed E-state index contributed by atoms with van der Waals surface area (Å²) >= 11 is 6.55. The molecule has 9 heteroatoms. The second-order valence-corrected chi connectivity index (χ2v) is 10.3. The normalized spacial score (nSPS) is 33.6. The maximum atomic E-state index is 14.4. The Hall–Kier alpha value is -2.68. The van der Waals surface area contributed by atoms with E-state index >= 15 is 0 Å². The molecule has 4 aliphatic heterocycles. The lowest BCUT2D eigenvalue weighted by molar-refractivity contribution is -0.160. The number of aliphatic hydroxyl groups excluding tert-OH is 1. The maximum absolute atomic E-state index is 14.4. The summed E-state index contributed by atoms with van der Waals surface area (Å²) in [7, 11) is 0. The van der Waals surface area contributed by atoms with Crippen LogP contribution in [0.3, 0.4) is 0 Å². The van der Waals surface area contributed by atoms with E-state index in [0.717, 1.165) is 5.56 Å². The fourth-order valence-corrected chi connectivity index (χ4v) is 6.70. The molecule has 0 bridgehead atoms. The van der Waals surface area contributed by atoms with Crippen LogP contribution in [0.4, 0.5) is 5.69 Å². The van der Waals surface area contributed by atoms with Crippen molar-refractivity contribution in [1.29, 1.82) is 0 Å². The highest BCUT2D eigenvalue weighted by atomic mass is 35.5. The predicted octanol–water partition coefficient (Wildman–Crippen LogP) is 2.80. The molecule has 8 nitrogen and oxygen atoms in total. The van der Waals surface area contributed by atoms with E-state index < -0.39 is 35.0 Å². The van der Waals surface area contributed by atoms with Gasteiger partial charge in [-0.1, -0.05) is 55.0 Å². The van der Waals surface area contributed by atoms with Crippen LogP contribution >= 0.6 is 11.6 Å². The maximum Gasteiger partial charge on any atom is 0.313 e. The van der Waals surface area contributed by atoms with Crippen molar-refractivity contribution in [1.82, 2.24) is 4.90 Å². The summed E-state index contributed by atoms with van der Waals surface area (Å²) < 4.78 is 12.4. The van der Waals surface area contributed by atoms with E-state index in [9.17, 15) is 19.5 Å². The van der Waals surface area contributed by atoms with Crippen molar-refractivity contribution in [2.24, 2.45) is 11.8 Å². The SMILES string of the molecule is CC[C@@]12C=CCCOC(=O)[C@@H]1[C@H]1C(=O)N(CCCO)C3C(=O)N(c4c(C)cccc4Cl)CC=C[C@@]31O2. The van der Waals surface area contributed by atoms with Crippen LogP contribution < -0.4 is 4.90 Å². The highest BCUT2D eigenvalue weighted by molar-refractivity contribution is 6.34. The number of hydrogen-bond donors (Lipinski definition) is 1. The number of benzene rings is 1. The third-order valence-corrected chi connectivity index (χ3v) is 8.22. The minimum Gasteiger partial charge on any atom is -0.465 e. The number of fused-ring (bicyclic) bond motifs is 2. The van der Waals surface area contributed by atoms with Crippen LogP contribution in [0.5, 0.6) is 0 Å². The Kier molecular flexibility index (Phi) is 6.47. The fourth-order valence-electron chi connectivity index (χ4n) is 6.37.